The highest BCUT2D eigenvalue weighted by molar-refractivity contribution is 5.95. The number of aromatic nitrogens is 2. The summed E-state index contributed by atoms with van der Waals surface area (Å²) >= 11 is 0. The van der Waals surface area contributed by atoms with Crippen LogP contribution in [0.3, 0.4) is 0 Å². The summed E-state index contributed by atoms with van der Waals surface area (Å²) in [4.78, 5) is 15.3. The summed E-state index contributed by atoms with van der Waals surface area (Å²) in [6, 6.07) is 5.03. The van der Waals surface area contributed by atoms with Gasteiger partial charge in [0.25, 0.3) is 5.91 Å². The first-order valence-electron chi connectivity index (χ1n) is 5.31. The van der Waals surface area contributed by atoms with Gasteiger partial charge < -0.3 is 20.9 Å². The Morgan fingerprint density at radius 1 is 1.50 bits per heavy atom. The third-order valence-electron chi connectivity index (χ3n) is 2.38. The van der Waals surface area contributed by atoms with Crippen molar-refractivity contribution in [3.05, 3.63) is 36.0 Å². The fourth-order valence-electron chi connectivity index (χ4n) is 1.45. The molecule has 0 aliphatic rings. The van der Waals surface area contributed by atoms with Crippen molar-refractivity contribution >= 4 is 17.3 Å². The van der Waals surface area contributed by atoms with Crippen LogP contribution in [0.25, 0.3) is 0 Å². The van der Waals surface area contributed by atoms with Gasteiger partial charge >= 0.3 is 0 Å². The van der Waals surface area contributed by atoms with Crippen molar-refractivity contribution in [3.8, 4) is 0 Å². The van der Waals surface area contributed by atoms with Gasteiger partial charge in [0.15, 0.2) is 5.82 Å². The molecule has 7 nitrogen and oxygen atoms in total. The molecule has 0 atom stereocenters. The molecule has 1 amide bonds. The lowest BCUT2D eigenvalue weighted by atomic mass is 10.1. The maximum Gasteiger partial charge on any atom is 0.251 e. The Bertz CT molecular complexity index is 538. The van der Waals surface area contributed by atoms with Gasteiger partial charge in [-0.05, 0) is 18.2 Å². The van der Waals surface area contributed by atoms with Crippen LogP contribution in [0.2, 0.25) is 0 Å². The van der Waals surface area contributed by atoms with Crippen LogP contribution >= 0.6 is 0 Å². The number of nitrogens with zero attached hydrogens (tertiary/aromatic N) is 2. The molecule has 1 aromatic carbocycles. The highest BCUT2D eigenvalue weighted by Crippen LogP contribution is 2.20. The molecule has 0 unspecified atom stereocenters. The van der Waals surface area contributed by atoms with E-state index in [1.165, 1.54) is 6.39 Å². The van der Waals surface area contributed by atoms with Crippen molar-refractivity contribution in [3.63, 3.8) is 0 Å². The van der Waals surface area contributed by atoms with Crippen molar-refractivity contribution < 1.29 is 9.32 Å². The molecule has 0 aliphatic carbocycles. The van der Waals surface area contributed by atoms with E-state index in [-0.39, 0.29) is 5.91 Å². The number of rotatable bonds is 4. The third kappa shape index (κ3) is 2.57. The molecular formula is C11H13N5O2. The van der Waals surface area contributed by atoms with E-state index >= 15 is 0 Å². The molecule has 0 spiro atoms. The van der Waals surface area contributed by atoms with E-state index in [9.17, 15) is 4.79 Å². The van der Waals surface area contributed by atoms with E-state index in [0.29, 0.717) is 29.3 Å². The number of hydrogen-bond acceptors (Lipinski definition) is 6. The van der Waals surface area contributed by atoms with Crippen LogP contribution in [0.5, 0.6) is 0 Å². The first kappa shape index (κ1) is 11.9. The smallest absolute Gasteiger partial charge is 0.251 e. The lowest BCUT2D eigenvalue weighted by Crippen LogP contribution is -2.18. The van der Waals surface area contributed by atoms with Gasteiger partial charge in [-0.2, -0.15) is 4.98 Å². The van der Waals surface area contributed by atoms with Gasteiger partial charge in [-0.1, -0.05) is 5.16 Å². The normalized spacial score (nSPS) is 10.1. The molecule has 0 bridgehead atoms. The first-order valence-corrected chi connectivity index (χ1v) is 5.31. The third-order valence-corrected chi connectivity index (χ3v) is 2.38. The van der Waals surface area contributed by atoms with Crippen molar-refractivity contribution in [1.29, 1.82) is 0 Å². The minimum absolute atomic E-state index is 0.175. The second kappa shape index (κ2) is 5.17. The highest BCUT2D eigenvalue weighted by atomic mass is 16.5. The standard InChI is InChI=1S/C11H13N5O2/c1-13-11(17)7-2-3-9(8(12)4-7)14-5-10-15-6-18-16-10/h2-4,6,14H,5,12H2,1H3,(H,13,17). The summed E-state index contributed by atoms with van der Waals surface area (Å²) in [5.74, 6) is 0.358. The first-order chi connectivity index (χ1) is 8.70. The number of nitrogens with two attached hydrogens (primary N) is 1. The summed E-state index contributed by atoms with van der Waals surface area (Å²) < 4.78 is 4.61. The highest BCUT2D eigenvalue weighted by Gasteiger charge is 2.07. The van der Waals surface area contributed by atoms with Gasteiger partial charge in [-0.25, -0.2) is 0 Å². The summed E-state index contributed by atoms with van der Waals surface area (Å²) in [7, 11) is 1.57. The minimum Gasteiger partial charge on any atom is -0.397 e. The number of nitrogen functional groups attached to an aromatic ring is 1. The van der Waals surface area contributed by atoms with Crippen molar-refractivity contribution in [2.45, 2.75) is 6.54 Å². The number of carbonyl (C=O) groups is 1. The molecule has 1 aromatic heterocycles. The molecule has 0 saturated heterocycles. The molecule has 94 valence electrons. The Hall–Kier alpha value is -2.57. The van der Waals surface area contributed by atoms with Crippen LogP contribution in [-0.4, -0.2) is 23.1 Å². The monoisotopic (exact) mass is 247 g/mol. The molecule has 1 heterocycles. The van der Waals surface area contributed by atoms with E-state index in [1.807, 2.05) is 0 Å². The molecule has 7 heteroatoms. The zero-order valence-corrected chi connectivity index (χ0v) is 9.80. The van der Waals surface area contributed by atoms with Crippen LogP contribution < -0.4 is 16.4 Å². The number of nitrogens with one attached hydrogen (secondary N) is 2. The molecule has 4 N–H and O–H groups in total. The molecule has 0 saturated carbocycles. The topological polar surface area (TPSA) is 106 Å². The zero-order chi connectivity index (χ0) is 13.0. The molecule has 2 rings (SSSR count). The Balaban J connectivity index is 2.08. The SMILES string of the molecule is CNC(=O)c1ccc(NCc2ncon2)c(N)c1. The molecule has 0 aliphatic heterocycles. The van der Waals surface area contributed by atoms with Crippen LogP contribution in [0.15, 0.2) is 29.1 Å². The fourth-order valence-corrected chi connectivity index (χ4v) is 1.45. The van der Waals surface area contributed by atoms with E-state index < -0.39 is 0 Å². The van der Waals surface area contributed by atoms with Crippen LogP contribution in [0, 0.1) is 0 Å². The average Bonchev–Trinajstić information content (AvgIpc) is 2.89. The predicted octanol–water partition coefficient (Wildman–Crippen LogP) is 0.623. The average molecular weight is 247 g/mol. The second-order valence-electron chi connectivity index (χ2n) is 3.58. The fraction of sp³-hybridized carbons (Fsp3) is 0.182. The van der Waals surface area contributed by atoms with E-state index in [0.717, 1.165) is 0 Å². The Kier molecular flexibility index (Phi) is 3.42. The molecule has 0 fully saturated rings. The van der Waals surface area contributed by atoms with Crippen molar-refractivity contribution in [2.75, 3.05) is 18.1 Å². The van der Waals surface area contributed by atoms with Crippen molar-refractivity contribution in [2.24, 2.45) is 0 Å². The molecule has 2 aromatic rings. The summed E-state index contributed by atoms with van der Waals surface area (Å²) in [5, 5.41) is 9.26. The summed E-state index contributed by atoms with van der Waals surface area (Å²) in [6.07, 6.45) is 1.26. The number of anilines is 2. The second-order valence-corrected chi connectivity index (χ2v) is 3.58. The lowest BCUT2D eigenvalue weighted by Gasteiger charge is -2.08. The van der Waals surface area contributed by atoms with E-state index in [1.54, 1.807) is 25.2 Å². The van der Waals surface area contributed by atoms with Crippen LogP contribution in [0.4, 0.5) is 11.4 Å². The van der Waals surface area contributed by atoms with Crippen LogP contribution in [0.1, 0.15) is 16.2 Å². The van der Waals surface area contributed by atoms with Gasteiger partial charge in [0, 0.05) is 12.6 Å². The maximum atomic E-state index is 11.4. The van der Waals surface area contributed by atoms with Gasteiger partial charge in [0.1, 0.15) is 0 Å². The Morgan fingerprint density at radius 2 is 2.33 bits per heavy atom. The summed E-state index contributed by atoms with van der Waals surface area (Å²) in [5.41, 5.74) is 7.56. The number of amides is 1. The predicted molar refractivity (Wildman–Crippen MR) is 65.9 cm³/mol. The van der Waals surface area contributed by atoms with Gasteiger partial charge in [-0.15, -0.1) is 0 Å². The summed E-state index contributed by atoms with van der Waals surface area (Å²) in [6.45, 7) is 0.403. The molecular weight excluding hydrogens is 234 g/mol. The number of benzene rings is 1. The maximum absolute atomic E-state index is 11.4. The minimum atomic E-state index is -0.175. The van der Waals surface area contributed by atoms with E-state index in [4.69, 9.17) is 5.73 Å². The molecule has 0 radical (unpaired) electrons. The lowest BCUT2D eigenvalue weighted by molar-refractivity contribution is 0.0963. The molecule has 18 heavy (non-hydrogen) atoms. The van der Waals surface area contributed by atoms with E-state index in [2.05, 4.69) is 25.3 Å². The zero-order valence-electron chi connectivity index (χ0n) is 9.80. The number of carbonyl (C=O) groups excluding carboxylic acids is 1. The Morgan fingerprint density at radius 3 is 2.94 bits per heavy atom. The van der Waals surface area contributed by atoms with Crippen LogP contribution in [-0.2, 0) is 6.54 Å². The largest absolute Gasteiger partial charge is 0.397 e. The van der Waals surface area contributed by atoms with Gasteiger partial charge in [0.2, 0.25) is 6.39 Å². The Labute approximate surface area is 103 Å². The van der Waals surface area contributed by atoms with Crippen molar-refractivity contribution in [1.82, 2.24) is 15.5 Å². The quantitative estimate of drug-likeness (QED) is 0.684. The van der Waals surface area contributed by atoms with Gasteiger partial charge in [-0.3, -0.25) is 4.79 Å². The number of hydrogen-bond donors (Lipinski definition) is 3. The van der Waals surface area contributed by atoms with Gasteiger partial charge in [0.05, 0.1) is 17.9 Å².